The molecule has 1 atom stereocenters. The molecule has 2 aromatic carbocycles. The zero-order chi connectivity index (χ0) is 13.1. The summed E-state index contributed by atoms with van der Waals surface area (Å²) in [7, 11) is 0.121. The van der Waals surface area contributed by atoms with Gasteiger partial charge in [0.2, 0.25) is 0 Å². The van der Waals surface area contributed by atoms with Crippen LogP contribution in [0.2, 0.25) is 5.02 Å². The van der Waals surface area contributed by atoms with E-state index in [0.29, 0.717) is 10.6 Å². The van der Waals surface area contributed by atoms with Gasteiger partial charge in [0.1, 0.15) is 0 Å². The van der Waals surface area contributed by atoms with Crippen molar-refractivity contribution >= 4 is 49.9 Å². The average Bonchev–Trinajstić information content (AvgIpc) is 2.32. The third-order valence-electron chi connectivity index (χ3n) is 2.76. The van der Waals surface area contributed by atoms with E-state index in [1.807, 2.05) is 50.2 Å². The van der Waals surface area contributed by atoms with Crippen LogP contribution in [0.15, 0.2) is 42.5 Å². The Hall–Kier alpha value is -0.573. The number of rotatable bonds is 3. The molecule has 4 heteroatoms. The molecule has 0 bridgehead atoms. The zero-order valence-electron chi connectivity index (χ0n) is 11.3. The van der Waals surface area contributed by atoms with Gasteiger partial charge in [0.05, 0.1) is 5.02 Å². The van der Waals surface area contributed by atoms with Gasteiger partial charge in [0.25, 0.3) is 0 Å². The van der Waals surface area contributed by atoms with E-state index in [1.165, 1.54) is 5.56 Å². The Labute approximate surface area is 132 Å². The summed E-state index contributed by atoms with van der Waals surface area (Å²) in [5, 5.41) is 1.59. The van der Waals surface area contributed by atoms with Gasteiger partial charge in [-0.25, -0.2) is 0 Å². The minimum Gasteiger partial charge on any atom is -0.289 e. The topological polar surface area (TPSA) is 17.1 Å². The first kappa shape index (κ1) is 16.5. The van der Waals surface area contributed by atoms with Crippen molar-refractivity contribution in [2.24, 2.45) is 0 Å². The van der Waals surface area contributed by atoms with Crippen LogP contribution >= 0.6 is 20.2 Å². The largest absolute Gasteiger partial charge is 0.289 e. The third-order valence-corrected chi connectivity index (χ3v) is 4.17. The van der Waals surface area contributed by atoms with E-state index in [2.05, 4.69) is 0 Å². The molecule has 0 heterocycles. The minimum absolute atomic E-state index is 0. The van der Waals surface area contributed by atoms with Gasteiger partial charge in [-0.2, -0.15) is 0 Å². The molecule has 2 aromatic rings. The van der Waals surface area contributed by atoms with Gasteiger partial charge < -0.3 is 0 Å². The molecule has 0 N–H and O–H groups in total. The summed E-state index contributed by atoms with van der Waals surface area (Å²) in [5.41, 5.74) is 2.89. The molecule has 1 unspecified atom stereocenters. The maximum absolute atomic E-state index is 12.3. The van der Waals surface area contributed by atoms with Crippen molar-refractivity contribution < 1.29 is 4.79 Å². The summed E-state index contributed by atoms with van der Waals surface area (Å²) < 4.78 is 0. The molecule has 0 aliphatic rings. The van der Waals surface area contributed by atoms with Gasteiger partial charge >= 0.3 is 0 Å². The van der Waals surface area contributed by atoms with Crippen LogP contribution in [0.5, 0.6) is 0 Å². The molecule has 2 rings (SSSR count). The summed E-state index contributed by atoms with van der Waals surface area (Å²) in [5.74, 6) is 0. The van der Waals surface area contributed by atoms with E-state index in [4.69, 9.17) is 11.6 Å². The number of hydrogen-bond donors (Lipinski definition) is 0. The van der Waals surface area contributed by atoms with Crippen molar-refractivity contribution in [1.82, 2.24) is 0 Å². The van der Waals surface area contributed by atoms with Crippen LogP contribution in [-0.4, -0.2) is 24.4 Å². The first-order valence-corrected chi connectivity index (χ1v) is 7.09. The zero-order valence-corrected chi connectivity index (χ0v) is 13.1. The monoisotopic (exact) mass is 283 g/mol. The number of halogens is 1. The summed E-state index contributed by atoms with van der Waals surface area (Å²) in [6.45, 7) is 3.95. The smallest absolute Gasteiger partial charge is 0.187 e. The first-order valence-electron chi connectivity index (χ1n) is 5.71. The van der Waals surface area contributed by atoms with Gasteiger partial charge in [-0.3, -0.25) is 4.79 Å². The second kappa shape index (κ2) is 7.27. The number of hydrogen-bond acceptors (Lipinski definition) is 1. The molecule has 0 amide bonds. The molecule has 0 saturated carbocycles. The van der Waals surface area contributed by atoms with Crippen LogP contribution in [0.25, 0.3) is 0 Å². The Morgan fingerprint density at radius 1 is 1.05 bits per heavy atom. The molecule has 0 aromatic heterocycles. The van der Waals surface area contributed by atoms with Crippen molar-refractivity contribution in [2.45, 2.75) is 13.8 Å². The van der Waals surface area contributed by atoms with Crippen LogP contribution < -0.4 is 5.30 Å². The van der Waals surface area contributed by atoms with Gasteiger partial charge in [-0.1, -0.05) is 53.6 Å². The second-order valence-corrected chi connectivity index (χ2v) is 5.94. The molecule has 0 aliphatic carbocycles. The molecule has 0 saturated heterocycles. The van der Waals surface area contributed by atoms with Crippen LogP contribution in [0.3, 0.4) is 0 Å². The van der Waals surface area contributed by atoms with E-state index in [1.54, 1.807) is 6.07 Å². The molecule has 0 spiro atoms. The van der Waals surface area contributed by atoms with Crippen LogP contribution in [0.4, 0.5) is 0 Å². The SMILES string of the molecule is Cc1ccc(PC(=O)c2c(C)cccc2Cl)cc1.[Li]. The van der Waals surface area contributed by atoms with Gasteiger partial charge in [-0.15, -0.1) is 0 Å². The van der Waals surface area contributed by atoms with Crippen molar-refractivity contribution in [3.05, 3.63) is 64.2 Å². The number of carbonyl (C=O) groups excluding carboxylic acids is 1. The third kappa shape index (κ3) is 4.20. The standard InChI is InChI=1S/C15H14ClOP.Li/c1-10-6-8-12(9-7-10)18-15(17)14-11(2)4-3-5-13(14)16;/h3-9,18H,1-2H3;. The predicted octanol–water partition coefficient (Wildman–Crippen LogP) is 3.72. The van der Waals surface area contributed by atoms with E-state index >= 15 is 0 Å². The molecular formula is C15H14ClLiOP. The maximum Gasteiger partial charge on any atom is 0.187 e. The van der Waals surface area contributed by atoms with Gasteiger partial charge in [0.15, 0.2) is 5.52 Å². The molecule has 1 radical (unpaired) electrons. The number of benzene rings is 2. The molecular weight excluding hydrogens is 270 g/mol. The van der Waals surface area contributed by atoms with Crippen LogP contribution in [0.1, 0.15) is 21.5 Å². The van der Waals surface area contributed by atoms with Crippen LogP contribution in [-0.2, 0) is 0 Å². The van der Waals surface area contributed by atoms with Crippen molar-refractivity contribution in [3.8, 4) is 0 Å². The average molecular weight is 284 g/mol. The fourth-order valence-electron chi connectivity index (χ4n) is 1.75. The summed E-state index contributed by atoms with van der Waals surface area (Å²) >= 11 is 6.10. The molecule has 19 heavy (non-hydrogen) atoms. The summed E-state index contributed by atoms with van der Waals surface area (Å²) in [4.78, 5) is 12.3. The van der Waals surface area contributed by atoms with Crippen molar-refractivity contribution in [1.29, 1.82) is 0 Å². The molecule has 93 valence electrons. The predicted molar refractivity (Wildman–Crippen MR) is 85.4 cm³/mol. The quantitative estimate of drug-likeness (QED) is 0.620. The van der Waals surface area contributed by atoms with E-state index in [9.17, 15) is 4.79 Å². The Kier molecular flexibility index (Phi) is 6.31. The van der Waals surface area contributed by atoms with E-state index < -0.39 is 0 Å². The fraction of sp³-hybridized carbons (Fsp3) is 0.133. The first-order chi connectivity index (χ1) is 8.58. The Morgan fingerprint density at radius 3 is 2.26 bits per heavy atom. The summed E-state index contributed by atoms with van der Waals surface area (Å²) in [6.07, 6.45) is 0. The number of aryl methyl sites for hydroxylation is 2. The Bertz CT molecular complexity index is 561. The number of carbonyl (C=O) groups is 1. The summed E-state index contributed by atoms with van der Waals surface area (Å²) in [6, 6.07) is 13.6. The van der Waals surface area contributed by atoms with Gasteiger partial charge in [-0.05, 0) is 39.4 Å². The molecule has 1 nitrogen and oxygen atoms in total. The van der Waals surface area contributed by atoms with E-state index in [0.717, 1.165) is 10.9 Å². The van der Waals surface area contributed by atoms with Crippen molar-refractivity contribution in [3.63, 3.8) is 0 Å². The second-order valence-electron chi connectivity index (χ2n) is 4.25. The van der Waals surface area contributed by atoms with Crippen LogP contribution in [0, 0.1) is 13.8 Å². The Morgan fingerprint density at radius 2 is 1.68 bits per heavy atom. The normalized spacial score (nSPS) is 10.5. The van der Waals surface area contributed by atoms with Gasteiger partial charge in [0, 0.05) is 24.4 Å². The van der Waals surface area contributed by atoms with Crippen molar-refractivity contribution in [2.75, 3.05) is 0 Å². The van der Waals surface area contributed by atoms with E-state index in [-0.39, 0.29) is 33.0 Å². The maximum atomic E-state index is 12.3. The fourth-order valence-corrected chi connectivity index (χ4v) is 3.19. The minimum atomic E-state index is 0. The Balaban J connectivity index is 0.00000180. The molecule has 0 fully saturated rings. The molecule has 0 aliphatic heterocycles.